The number of rotatable bonds is 21. The highest BCUT2D eigenvalue weighted by Gasteiger charge is 2.45. The summed E-state index contributed by atoms with van der Waals surface area (Å²) in [5.74, 6) is 0.227. The fourth-order valence-electron chi connectivity index (χ4n) is 4.15. The smallest absolute Gasteiger partial charge is 0.264 e. The molecule has 1 atom stereocenters. The number of carbonyl (C=O) groups is 4. The first-order valence-electron chi connectivity index (χ1n) is 13.5. The molecule has 2 heterocycles. The van der Waals surface area contributed by atoms with E-state index in [0.717, 1.165) is 4.90 Å². The van der Waals surface area contributed by atoms with Crippen LogP contribution in [0.1, 0.15) is 33.6 Å². The van der Waals surface area contributed by atoms with E-state index in [0.29, 0.717) is 84.9 Å². The maximum Gasteiger partial charge on any atom is 0.264 e. The maximum absolute atomic E-state index is 13.1. The lowest BCUT2D eigenvalue weighted by Crippen LogP contribution is -2.54. The van der Waals surface area contributed by atoms with Gasteiger partial charge < -0.3 is 33.7 Å². The molecule has 2 N–H and O–H groups in total. The van der Waals surface area contributed by atoms with Crippen molar-refractivity contribution in [1.29, 1.82) is 0 Å². The fraction of sp³-hybridized carbons (Fsp3) is 0.571. The predicted octanol–water partition coefficient (Wildman–Crippen LogP) is 0.233. The van der Waals surface area contributed by atoms with Crippen LogP contribution in [-0.4, -0.2) is 120 Å². The van der Waals surface area contributed by atoms with Crippen LogP contribution in [0.15, 0.2) is 18.2 Å². The molecule has 41 heavy (non-hydrogen) atoms. The zero-order chi connectivity index (χ0) is 29.3. The summed E-state index contributed by atoms with van der Waals surface area (Å²) in [6.07, 6.45) is 5.25. The van der Waals surface area contributed by atoms with Gasteiger partial charge in [0.05, 0.1) is 83.8 Å². The van der Waals surface area contributed by atoms with Crippen molar-refractivity contribution in [3.05, 3.63) is 29.3 Å². The van der Waals surface area contributed by atoms with Crippen molar-refractivity contribution in [2.45, 2.75) is 18.9 Å². The molecule has 224 valence electrons. The Morgan fingerprint density at radius 2 is 1.37 bits per heavy atom. The molecular formula is C28H37N3O10. The van der Waals surface area contributed by atoms with Crippen LogP contribution in [0.3, 0.4) is 0 Å². The van der Waals surface area contributed by atoms with E-state index in [2.05, 4.69) is 16.6 Å². The highest BCUT2D eigenvalue weighted by Crippen LogP contribution is 2.32. The normalized spacial score (nSPS) is 16.6. The van der Waals surface area contributed by atoms with Crippen molar-refractivity contribution in [2.24, 2.45) is 0 Å². The Balaban J connectivity index is 1.20. The lowest BCUT2D eigenvalue weighted by Gasteiger charge is -2.27. The molecule has 13 nitrogen and oxygen atoms in total. The number of carbonyl (C=O) groups excluding carboxylic acids is 4. The number of nitrogens with one attached hydrogen (secondary N) is 2. The number of nitrogens with zero attached hydrogens (tertiary/aromatic N) is 1. The lowest BCUT2D eigenvalue weighted by molar-refractivity contribution is -0.136. The zero-order valence-corrected chi connectivity index (χ0v) is 23.0. The lowest BCUT2D eigenvalue weighted by atomic mass is 10.0. The number of anilines is 1. The van der Waals surface area contributed by atoms with Crippen LogP contribution >= 0.6 is 0 Å². The standard InChI is InChI=1S/C28H37N3O10/c1-2-9-36-11-13-38-15-17-40-19-20-41-18-16-39-14-12-37-10-8-29-22-5-3-4-21-25(22)28(35)31(27(21)34)23-6-7-24(32)30-26(23)33/h1,3-5,23,29H,6-20H2,(H,30,32,33). The third-order valence-corrected chi connectivity index (χ3v) is 6.08. The molecule has 0 bridgehead atoms. The Labute approximate surface area is 239 Å². The number of hydrogen-bond donors (Lipinski definition) is 2. The minimum atomic E-state index is -1.00. The second-order valence-electron chi connectivity index (χ2n) is 8.92. The zero-order valence-electron chi connectivity index (χ0n) is 23.0. The first-order valence-corrected chi connectivity index (χ1v) is 13.5. The molecule has 2 aliphatic heterocycles. The molecule has 0 saturated carbocycles. The Morgan fingerprint density at radius 1 is 0.805 bits per heavy atom. The second-order valence-corrected chi connectivity index (χ2v) is 8.92. The molecule has 3 rings (SSSR count). The van der Waals surface area contributed by atoms with E-state index in [9.17, 15) is 19.2 Å². The van der Waals surface area contributed by atoms with Gasteiger partial charge in [-0.2, -0.15) is 0 Å². The summed E-state index contributed by atoms with van der Waals surface area (Å²) in [5.41, 5.74) is 0.918. The van der Waals surface area contributed by atoms with Gasteiger partial charge in [-0.3, -0.25) is 29.4 Å². The number of fused-ring (bicyclic) bond motifs is 1. The maximum atomic E-state index is 13.1. The number of imide groups is 2. The van der Waals surface area contributed by atoms with E-state index in [4.69, 9.17) is 34.8 Å². The predicted molar refractivity (Wildman–Crippen MR) is 145 cm³/mol. The molecule has 4 amide bonds. The minimum absolute atomic E-state index is 0.0703. The van der Waals surface area contributed by atoms with E-state index in [1.165, 1.54) is 0 Å². The van der Waals surface area contributed by atoms with Gasteiger partial charge in [0.2, 0.25) is 11.8 Å². The number of piperidine rings is 1. The van der Waals surface area contributed by atoms with Gasteiger partial charge in [-0.1, -0.05) is 12.0 Å². The summed E-state index contributed by atoms with van der Waals surface area (Å²) in [6, 6.07) is 3.91. The van der Waals surface area contributed by atoms with Crippen LogP contribution in [-0.2, 0) is 38.0 Å². The average Bonchev–Trinajstić information content (AvgIpc) is 3.22. The first-order chi connectivity index (χ1) is 20.0. The van der Waals surface area contributed by atoms with Crippen molar-refractivity contribution < 1.29 is 47.6 Å². The Kier molecular flexibility index (Phi) is 14.2. The van der Waals surface area contributed by atoms with Crippen LogP contribution < -0.4 is 10.6 Å². The van der Waals surface area contributed by atoms with Crippen LogP contribution in [0, 0.1) is 12.3 Å². The molecule has 13 heteroatoms. The highest BCUT2D eigenvalue weighted by molar-refractivity contribution is 6.25. The molecule has 0 aliphatic carbocycles. The van der Waals surface area contributed by atoms with Crippen molar-refractivity contribution in [1.82, 2.24) is 10.2 Å². The van der Waals surface area contributed by atoms with Crippen LogP contribution in [0.5, 0.6) is 0 Å². The topological polar surface area (TPSA) is 151 Å². The number of hydrogen-bond acceptors (Lipinski definition) is 11. The number of amides is 4. The molecule has 0 aromatic heterocycles. The van der Waals surface area contributed by atoms with Crippen LogP contribution in [0.2, 0.25) is 0 Å². The summed E-state index contributed by atoms with van der Waals surface area (Å²) in [7, 11) is 0. The Bertz CT molecular complexity index is 1070. The van der Waals surface area contributed by atoms with Gasteiger partial charge in [-0.25, -0.2) is 0 Å². The van der Waals surface area contributed by atoms with Gasteiger partial charge in [-0.05, 0) is 18.6 Å². The summed E-state index contributed by atoms with van der Waals surface area (Å²) in [6.45, 7) is 5.49. The summed E-state index contributed by atoms with van der Waals surface area (Å²) in [5, 5.41) is 5.31. The molecule has 2 aliphatic rings. The molecular weight excluding hydrogens is 538 g/mol. The molecule has 1 aromatic carbocycles. The van der Waals surface area contributed by atoms with Crippen molar-refractivity contribution >= 4 is 29.3 Å². The van der Waals surface area contributed by atoms with Crippen molar-refractivity contribution in [2.75, 3.05) is 91.1 Å². The van der Waals surface area contributed by atoms with Crippen LogP contribution in [0.25, 0.3) is 0 Å². The largest absolute Gasteiger partial charge is 0.382 e. The fourth-order valence-corrected chi connectivity index (χ4v) is 4.15. The first kappa shape index (κ1) is 32.1. The van der Waals surface area contributed by atoms with E-state index >= 15 is 0 Å². The molecule has 0 radical (unpaired) electrons. The van der Waals surface area contributed by atoms with Crippen molar-refractivity contribution in [3.8, 4) is 12.3 Å². The molecule has 1 fully saturated rings. The van der Waals surface area contributed by atoms with Gasteiger partial charge in [0, 0.05) is 18.7 Å². The van der Waals surface area contributed by atoms with Gasteiger partial charge in [-0.15, -0.1) is 6.42 Å². The monoisotopic (exact) mass is 575 g/mol. The van der Waals surface area contributed by atoms with Gasteiger partial charge >= 0.3 is 0 Å². The van der Waals surface area contributed by atoms with Crippen LogP contribution in [0.4, 0.5) is 5.69 Å². The van der Waals surface area contributed by atoms with Gasteiger partial charge in [0.25, 0.3) is 11.8 Å². The summed E-state index contributed by atoms with van der Waals surface area (Å²) in [4.78, 5) is 50.6. The number of benzene rings is 1. The van der Waals surface area contributed by atoms with E-state index in [-0.39, 0.29) is 30.6 Å². The van der Waals surface area contributed by atoms with E-state index in [1.54, 1.807) is 18.2 Å². The molecule has 1 aromatic rings. The minimum Gasteiger partial charge on any atom is -0.382 e. The Morgan fingerprint density at radius 3 is 1.93 bits per heavy atom. The molecule has 1 unspecified atom stereocenters. The summed E-state index contributed by atoms with van der Waals surface area (Å²) >= 11 is 0. The molecule has 1 saturated heterocycles. The third kappa shape index (κ3) is 10.2. The van der Waals surface area contributed by atoms with E-state index < -0.39 is 29.7 Å². The third-order valence-electron chi connectivity index (χ3n) is 6.08. The quantitative estimate of drug-likeness (QED) is 0.118. The summed E-state index contributed by atoms with van der Waals surface area (Å²) < 4.78 is 32.3. The number of terminal acetylenes is 1. The highest BCUT2D eigenvalue weighted by atomic mass is 16.6. The van der Waals surface area contributed by atoms with Gasteiger partial charge in [0.15, 0.2) is 0 Å². The van der Waals surface area contributed by atoms with Crippen molar-refractivity contribution in [3.63, 3.8) is 0 Å². The average molecular weight is 576 g/mol. The SMILES string of the molecule is C#CCOCCOCCOCCOCCOCCOCCNc1cccc2c1C(=O)N(C1CCC(=O)NC1=O)C2=O. The second kappa shape index (κ2) is 18.1. The van der Waals surface area contributed by atoms with Gasteiger partial charge in [0.1, 0.15) is 12.6 Å². The number of ether oxygens (including phenoxy) is 6. The molecule has 0 spiro atoms. The Hall–Kier alpha value is -3.38. The van der Waals surface area contributed by atoms with E-state index in [1.807, 2.05) is 0 Å².